The first-order valence-corrected chi connectivity index (χ1v) is 4.42. The van der Waals surface area contributed by atoms with E-state index in [2.05, 4.69) is 25.0 Å². The number of nitrogens with one attached hydrogen (secondary N) is 1. The highest BCUT2D eigenvalue weighted by atomic mass is 32.1. The fraction of sp³-hybridized carbons (Fsp3) is 0.333. The number of aromatic nitrogens is 4. The molecule has 2 aromatic rings. The first-order valence-electron chi connectivity index (χ1n) is 3.65. The molecule has 0 saturated carbocycles. The molecule has 0 fully saturated rings. The molecule has 7 heteroatoms. The van der Waals surface area contributed by atoms with Gasteiger partial charge in [0.25, 0.3) is 5.89 Å². The van der Waals surface area contributed by atoms with Crippen LogP contribution in [0.25, 0.3) is 10.8 Å². The van der Waals surface area contributed by atoms with E-state index in [4.69, 9.17) is 4.52 Å². The minimum Gasteiger partial charge on any atom is -0.333 e. The van der Waals surface area contributed by atoms with Crippen LogP contribution >= 0.6 is 11.5 Å². The molecule has 13 heavy (non-hydrogen) atoms. The molecule has 68 valence electrons. The zero-order valence-corrected chi connectivity index (χ0v) is 7.71. The molecule has 2 aromatic heterocycles. The predicted molar refractivity (Wildman–Crippen MR) is 46.0 cm³/mol. The maximum Gasteiger partial charge on any atom is 0.271 e. The zero-order valence-electron chi connectivity index (χ0n) is 6.89. The minimum atomic E-state index is 0.472. The molecule has 0 bridgehead atoms. The van der Waals surface area contributed by atoms with Crippen LogP contribution in [0.1, 0.15) is 5.82 Å². The molecule has 0 saturated heterocycles. The van der Waals surface area contributed by atoms with Crippen LogP contribution < -0.4 is 5.32 Å². The van der Waals surface area contributed by atoms with E-state index in [0.29, 0.717) is 18.3 Å². The van der Waals surface area contributed by atoms with Gasteiger partial charge < -0.3 is 9.84 Å². The Morgan fingerprint density at radius 2 is 2.54 bits per heavy atom. The van der Waals surface area contributed by atoms with Gasteiger partial charge in [-0.25, -0.2) is 0 Å². The van der Waals surface area contributed by atoms with Crippen LogP contribution in [0, 0.1) is 0 Å². The van der Waals surface area contributed by atoms with Gasteiger partial charge >= 0.3 is 0 Å². The molecule has 0 aromatic carbocycles. The van der Waals surface area contributed by atoms with Gasteiger partial charge in [-0.15, -0.1) is 5.10 Å². The number of hydrogen-bond acceptors (Lipinski definition) is 7. The van der Waals surface area contributed by atoms with Crippen molar-refractivity contribution in [2.24, 2.45) is 0 Å². The molecule has 2 rings (SSSR count). The zero-order chi connectivity index (χ0) is 9.10. The molecule has 0 atom stereocenters. The summed E-state index contributed by atoms with van der Waals surface area (Å²) in [7, 11) is 1.82. The van der Waals surface area contributed by atoms with Gasteiger partial charge in [0.2, 0.25) is 0 Å². The van der Waals surface area contributed by atoms with Crippen molar-refractivity contribution in [3.63, 3.8) is 0 Å². The summed E-state index contributed by atoms with van der Waals surface area (Å²) < 4.78 is 8.69. The second-order valence-corrected chi connectivity index (χ2v) is 3.11. The van der Waals surface area contributed by atoms with Crippen LogP contribution in [0.5, 0.6) is 0 Å². The van der Waals surface area contributed by atoms with Gasteiger partial charge in [0, 0.05) is 0 Å². The largest absolute Gasteiger partial charge is 0.333 e. The monoisotopic (exact) mass is 197 g/mol. The Bertz CT molecular complexity index is 370. The highest BCUT2D eigenvalue weighted by Gasteiger charge is 2.09. The van der Waals surface area contributed by atoms with Crippen molar-refractivity contribution in [3.8, 4) is 10.8 Å². The smallest absolute Gasteiger partial charge is 0.271 e. The molecule has 0 unspecified atom stereocenters. The molecule has 0 radical (unpaired) electrons. The Kier molecular flexibility index (Phi) is 2.28. The average Bonchev–Trinajstić information content (AvgIpc) is 2.70. The van der Waals surface area contributed by atoms with Gasteiger partial charge in [-0.2, -0.15) is 4.98 Å². The highest BCUT2D eigenvalue weighted by molar-refractivity contribution is 7.09. The van der Waals surface area contributed by atoms with Crippen molar-refractivity contribution in [2.45, 2.75) is 6.54 Å². The van der Waals surface area contributed by atoms with Gasteiger partial charge in [-0.3, -0.25) is 0 Å². The molecular formula is C6H7N5OS. The van der Waals surface area contributed by atoms with E-state index in [1.165, 1.54) is 11.5 Å². The maximum absolute atomic E-state index is 4.99. The standard InChI is InChI=1S/C6H7N5OS/c1-7-3-5-9-6(12-10-5)4-2-8-11-13-4/h2,7H,3H2,1H3. The molecule has 0 aliphatic carbocycles. The van der Waals surface area contributed by atoms with Crippen LogP contribution in [0.3, 0.4) is 0 Å². The van der Waals surface area contributed by atoms with E-state index < -0.39 is 0 Å². The third-order valence-electron chi connectivity index (χ3n) is 1.38. The molecule has 1 N–H and O–H groups in total. The maximum atomic E-state index is 4.99. The second-order valence-electron chi connectivity index (χ2n) is 2.33. The Balaban J connectivity index is 2.23. The van der Waals surface area contributed by atoms with Crippen molar-refractivity contribution in [1.82, 2.24) is 25.0 Å². The third kappa shape index (κ3) is 1.70. The highest BCUT2D eigenvalue weighted by Crippen LogP contribution is 2.18. The topological polar surface area (TPSA) is 76.7 Å². The first kappa shape index (κ1) is 8.27. The van der Waals surface area contributed by atoms with Gasteiger partial charge in [0.1, 0.15) is 4.88 Å². The minimum absolute atomic E-state index is 0.472. The fourth-order valence-electron chi connectivity index (χ4n) is 0.845. The summed E-state index contributed by atoms with van der Waals surface area (Å²) in [5.74, 6) is 1.10. The van der Waals surface area contributed by atoms with Gasteiger partial charge in [0.05, 0.1) is 12.7 Å². The summed E-state index contributed by atoms with van der Waals surface area (Å²) >= 11 is 1.23. The summed E-state index contributed by atoms with van der Waals surface area (Å²) in [5.41, 5.74) is 0. The van der Waals surface area contributed by atoms with Crippen LogP contribution in [-0.4, -0.2) is 26.8 Å². The quantitative estimate of drug-likeness (QED) is 0.763. The Labute approximate surface area is 78.1 Å². The molecule has 2 heterocycles. The average molecular weight is 197 g/mol. The van der Waals surface area contributed by atoms with Crippen molar-refractivity contribution in [1.29, 1.82) is 0 Å². The van der Waals surface area contributed by atoms with Crippen molar-refractivity contribution >= 4 is 11.5 Å². The SMILES string of the molecule is CNCc1noc(-c2cnns2)n1. The summed E-state index contributed by atoms with van der Waals surface area (Å²) in [4.78, 5) is 4.92. The van der Waals surface area contributed by atoms with E-state index in [-0.39, 0.29) is 0 Å². The third-order valence-corrected chi connectivity index (χ3v) is 2.03. The van der Waals surface area contributed by atoms with E-state index in [0.717, 1.165) is 4.88 Å². The van der Waals surface area contributed by atoms with Crippen LogP contribution in [0.2, 0.25) is 0 Å². The lowest BCUT2D eigenvalue weighted by Crippen LogP contribution is -2.06. The van der Waals surface area contributed by atoms with Crippen LogP contribution in [0.4, 0.5) is 0 Å². The molecule has 0 aliphatic heterocycles. The summed E-state index contributed by atoms with van der Waals surface area (Å²) in [6.07, 6.45) is 1.60. The van der Waals surface area contributed by atoms with E-state index in [1.54, 1.807) is 6.20 Å². The van der Waals surface area contributed by atoms with E-state index in [1.807, 2.05) is 7.05 Å². The Morgan fingerprint density at radius 3 is 3.23 bits per heavy atom. The Morgan fingerprint density at radius 1 is 1.62 bits per heavy atom. The van der Waals surface area contributed by atoms with Crippen molar-refractivity contribution in [2.75, 3.05) is 7.05 Å². The van der Waals surface area contributed by atoms with E-state index >= 15 is 0 Å². The summed E-state index contributed by atoms with van der Waals surface area (Å²) in [6, 6.07) is 0. The van der Waals surface area contributed by atoms with Crippen molar-refractivity contribution in [3.05, 3.63) is 12.0 Å². The lowest BCUT2D eigenvalue weighted by Gasteiger charge is -1.86. The summed E-state index contributed by atoms with van der Waals surface area (Å²) in [5, 5.41) is 10.4. The Hall–Kier alpha value is -1.34. The summed E-state index contributed by atoms with van der Waals surface area (Å²) in [6.45, 7) is 0.593. The fourth-order valence-corrected chi connectivity index (χ4v) is 1.28. The lowest BCUT2D eigenvalue weighted by atomic mass is 10.5. The number of nitrogens with zero attached hydrogens (tertiary/aromatic N) is 4. The predicted octanol–water partition coefficient (Wildman–Crippen LogP) is 0.307. The van der Waals surface area contributed by atoms with Gasteiger partial charge in [-0.05, 0) is 18.6 Å². The molecule has 0 aliphatic rings. The normalized spacial score (nSPS) is 10.5. The van der Waals surface area contributed by atoms with Crippen molar-refractivity contribution < 1.29 is 4.52 Å². The first-order chi connectivity index (χ1) is 6.40. The van der Waals surface area contributed by atoms with E-state index in [9.17, 15) is 0 Å². The molecular weight excluding hydrogens is 190 g/mol. The lowest BCUT2D eigenvalue weighted by molar-refractivity contribution is 0.421. The number of rotatable bonds is 3. The van der Waals surface area contributed by atoms with Gasteiger partial charge in [-0.1, -0.05) is 9.64 Å². The van der Waals surface area contributed by atoms with Crippen LogP contribution in [-0.2, 0) is 6.54 Å². The van der Waals surface area contributed by atoms with Crippen LogP contribution in [0.15, 0.2) is 10.7 Å². The van der Waals surface area contributed by atoms with Gasteiger partial charge in [0.15, 0.2) is 5.82 Å². The molecule has 0 spiro atoms. The second kappa shape index (κ2) is 3.58. The molecule has 6 nitrogen and oxygen atoms in total. The number of hydrogen-bond donors (Lipinski definition) is 1. The molecule has 0 amide bonds.